The van der Waals surface area contributed by atoms with Crippen LogP contribution in [0.1, 0.15) is 47.6 Å². The van der Waals surface area contributed by atoms with Gasteiger partial charge in [-0.25, -0.2) is 0 Å². The highest BCUT2D eigenvalue weighted by molar-refractivity contribution is 7.98. The van der Waals surface area contributed by atoms with Crippen molar-refractivity contribution in [2.75, 3.05) is 30.3 Å². The summed E-state index contributed by atoms with van der Waals surface area (Å²) < 4.78 is 0. The van der Waals surface area contributed by atoms with Gasteiger partial charge in [0, 0.05) is 42.2 Å². The van der Waals surface area contributed by atoms with Crippen molar-refractivity contribution in [2.45, 2.75) is 44.1 Å². The lowest BCUT2D eigenvalue weighted by atomic mass is 9.86. The van der Waals surface area contributed by atoms with Crippen LogP contribution in [0.4, 0.5) is 5.69 Å². The summed E-state index contributed by atoms with van der Waals surface area (Å²) in [7, 11) is 0. The number of aryl methyl sites for hydroxylation is 1. The van der Waals surface area contributed by atoms with Crippen LogP contribution in [-0.2, 0) is 5.75 Å². The van der Waals surface area contributed by atoms with Crippen LogP contribution in [0.25, 0.3) is 11.1 Å². The van der Waals surface area contributed by atoms with E-state index >= 15 is 0 Å². The number of aliphatic hydroxyl groups excluding tert-OH is 1. The lowest BCUT2D eigenvalue weighted by molar-refractivity contribution is 0.200. The average Bonchev–Trinajstić information content (AvgIpc) is 2.83. The van der Waals surface area contributed by atoms with E-state index in [1.165, 1.54) is 52.2 Å². The highest BCUT2D eigenvalue weighted by Crippen LogP contribution is 2.49. The van der Waals surface area contributed by atoms with Gasteiger partial charge in [-0.05, 0) is 66.8 Å². The van der Waals surface area contributed by atoms with Crippen LogP contribution >= 0.6 is 11.8 Å². The minimum absolute atomic E-state index is 0.456. The van der Waals surface area contributed by atoms with E-state index in [4.69, 9.17) is 0 Å². The molecule has 0 bridgehead atoms. The van der Waals surface area contributed by atoms with Crippen molar-refractivity contribution >= 4 is 17.4 Å². The number of nitrogens with zero attached hydrogens (tertiary/aromatic N) is 1. The molecule has 3 aliphatic rings. The van der Waals surface area contributed by atoms with E-state index in [1.807, 2.05) is 6.92 Å². The van der Waals surface area contributed by atoms with Crippen molar-refractivity contribution in [1.82, 2.24) is 5.32 Å². The van der Waals surface area contributed by atoms with E-state index < -0.39 is 6.10 Å². The van der Waals surface area contributed by atoms with Crippen LogP contribution < -0.4 is 10.2 Å². The molecule has 142 valence electrons. The summed E-state index contributed by atoms with van der Waals surface area (Å²) in [5.74, 6) is 2.90. The Morgan fingerprint density at radius 1 is 1.26 bits per heavy atom. The summed E-state index contributed by atoms with van der Waals surface area (Å²) in [6.07, 6.45) is 0.782. The second-order valence-electron chi connectivity index (χ2n) is 8.25. The van der Waals surface area contributed by atoms with E-state index in [0.717, 1.165) is 24.4 Å². The molecule has 1 unspecified atom stereocenters. The smallest absolute Gasteiger partial charge is 0.0768 e. The first-order valence-corrected chi connectivity index (χ1v) is 11.3. The molecule has 0 amide bonds. The summed E-state index contributed by atoms with van der Waals surface area (Å²) >= 11 is 2.05. The zero-order chi connectivity index (χ0) is 18.5. The van der Waals surface area contributed by atoms with E-state index in [-0.39, 0.29) is 0 Å². The maximum absolute atomic E-state index is 10.4. The fourth-order valence-electron chi connectivity index (χ4n) is 5.23. The van der Waals surface area contributed by atoms with Crippen LogP contribution in [-0.4, -0.2) is 36.5 Å². The molecule has 2 N–H and O–H groups in total. The predicted octanol–water partition coefficient (Wildman–Crippen LogP) is 4.23. The molecule has 0 saturated carbocycles. The molecule has 1 fully saturated rings. The van der Waals surface area contributed by atoms with Gasteiger partial charge in [-0.2, -0.15) is 11.8 Å². The number of fused-ring (bicyclic) bond motifs is 3. The second kappa shape index (κ2) is 6.84. The molecule has 0 radical (unpaired) electrons. The Hall–Kier alpha value is -1.49. The monoisotopic (exact) mass is 380 g/mol. The summed E-state index contributed by atoms with van der Waals surface area (Å²) in [5.41, 5.74) is 9.23. The van der Waals surface area contributed by atoms with Gasteiger partial charge in [0.05, 0.1) is 6.10 Å². The number of aliphatic hydroxyl groups is 1. The molecule has 2 aromatic rings. The molecule has 1 saturated heterocycles. The second-order valence-corrected chi connectivity index (χ2v) is 9.36. The van der Waals surface area contributed by atoms with E-state index in [2.05, 4.69) is 59.2 Å². The van der Waals surface area contributed by atoms with E-state index in [9.17, 15) is 5.11 Å². The lowest BCUT2D eigenvalue weighted by Gasteiger charge is -2.33. The first-order valence-electron chi connectivity index (χ1n) is 10.1. The minimum Gasteiger partial charge on any atom is -0.389 e. The van der Waals surface area contributed by atoms with E-state index in [0.29, 0.717) is 12.0 Å². The molecule has 0 aromatic heterocycles. The van der Waals surface area contributed by atoms with E-state index in [1.54, 1.807) is 0 Å². The van der Waals surface area contributed by atoms with Gasteiger partial charge in [-0.15, -0.1) is 0 Å². The fraction of sp³-hybridized carbons (Fsp3) is 0.478. The number of piperidine rings is 1. The Balaban J connectivity index is 1.69. The lowest BCUT2D eigenvalue weighted by Crippen LogP contribution is -2.44. The Bertz CT molecular complexity index is 879. The van der Waals surface area contributed by atoms with Crippen LogP contribution in [0.15, 0.2) is 30.3 Å². The molecular formula is C23H28N2OS. The van der Waals surface area contributed by atoms with Gasteiger partial charge < -0.3 is 15.3 Å². The SMILES string of the molecule is Cc1ccc(-c2cc3c4c(c2)[C@@H]2CNCC[C@@H]2N4CCSC3)c(C(C)O)c1. The predicted molar refractivity (Wildman–Crippen MR) is 115 cm³/mol. The van der Waals surface area contributed by atoms with Crippen molar-refractivity contribution < 1.29 is 5.11 Å². The van der Waals surface area contributed by atoms with Gasteiger partial charge in [-0.3, -0.25) is 0 Å². The largest absolute Gasteiger partial charge is 0.389 e. The normalized spacial score (nSPS) is 24.9. The first kappa shape index (κ1) is 17.6. The molecule has 3 atom stereocenters. The molecule has 27 heavy (non-hydrogen) atoms. The Kier molecular flexibility index (Phi) is 4.46. The molecule has 0 spiro atoms. The Labute approximate surface area is 166 Å². The summed E-state index contributed by atoms with van der Waals surface area (Å²) in [5, 5.41) is 14.0. The van der Waals surface area contributed by atoms with Crippen LogP contribution in [0.3, 0.4) is 0 Å². The minimum atomic E-state index is -0.456. The number of thioether (sulfide) groups is 1. The number of nitrogens with one attached hydrogen (secondary N) is 1. The summed E-state index contributed by atoms with van der Waals surface area (Å²) in [6, 6.07) is 12.0. The molecule has 2 aromatic carbocycles. The summed E-state index contributed by atoms with van der Waals surface area (Å²) in [6.45, 7) is 7.36. The third-order valence-electron chi connectivity index (χ3n) is 6.45. The van der Waals surface area contributed by atoms with Crippen LogP contribution in [0.2, 0.25) is 0 Å². The molecule has 3 nitrogen and oxygen atoms in total. The molecule has 0 aliphatic carbocycles. The van der Waals surface area contributed by atoms with Crippen molar-refractivity contribution in [1.29, 1.82) is 0 Å². The Morgan fingerprint density at radius 3 is 3.00 bits per heavy atom. The van der Waals surface area contributed by atoms with Crippen molar-refractivity contribution in [3.8, 4) is 11.1 Å². The number of anilines is 1. The maximum atomic E-state index is 10.4. The maximum Gasteiger partial charge on any atom is 0.0768 e. The van der Waals surface area contributed by atoms with Crippen molar-refractivity contribution in [3.05, 3.63) is 52.6 Å². The van der Waals surface area contributed by atoms with Crippen molar-refractivity contribution in [2.24, 2.45) is 0 Å². The van der Waals surface area contributed by atoms with Gasteiger partial charge in [0.1, 0.15) is 0 Å². The van der Waals surface area contributed by atoms with Crippen LogP contribution in [0.5, 0.6) is 0 Å². The van der Waals surface area contributed by atoms with Gasteiger partial charge in [0.25, 0.3) is 0 Å². The quantitative estimate of drug-likeness (QED) is 0.817. The zero-order valence-electron chi connectivity index (χ0n) is 16.2. The number of hydrogen-bond donors (Lipinski definition) is 2. The number of rotatable bonds is 2. The number of benzene rings is 2. The molecule has 3 heterocycles. The third kappa shape index (κ3) is 2.89. The van der Waals surface area contributed by atoms with Gasteiger partial charge in [-0.1, -0.05) is 23.8 Å². The number of hydrogen-bond acceptors (Lipinski definition) is 4. The van der Waals surface area contributed by atoms with Gasteiger partial charge in [0.15, 0.2) is 0 Å². The summed E-state index contributed by atoms with van der Waals surface area (Å²) in [4.78, 5) is 2.71. The Morgan fingerprint density at radius 2 is 2.15 bits per heavy atom. The molecule has 5 rings (SSSR count). The zero-order valence-corrected chi connectivity index (χ0v) is 17.0. The average molecular weight is 381 g/mol. The first-order chi connectivity index (χ1) is 13.1. The standard InChI is InChI=1S/C23H28N2OS/c1-14-3-4-18(19(9-14)15(2)26)16-10-17-13-27-8-7-25-22-5-6-24-12-21(22)20(11-16)23(17)25/h3-4,9-11,15,21-22,24,26H,5-8,12-13H2,1-2H3/t15?,21-,22-/m0/s1. The molecular weight excluding hydrogens is 352 g/mol. The van der Waals surface area contributed by atoms with Crippen molar-refractivity contribution in [3.63, 3.8) is 0 Å². The highest BCUT2D eigenvalue weighted by Gasteiger charge is 2.41. The van der Waals surface area contributed by atoms with Gasteiger partial charge in [0.2, 0.25) is 0 Å². The fourth-order valence-corrected chi connectivity index (χ4v) is 6.14. The van der Waals surface area contributed by atoms with Crippen LogP contribution in [0, 0.1) is 6.92 Å². The highest BCUT2D eigenvalue weighted by atomic mass is 32.2. The topological polar surface area (TPSA) is 35.5 Å². The third-order valence-corrected chi connectivity index (χ3v) is 7.44. The molecule has 3 aliphatic heterocycles. The molecule has 4 heteroatoms. The van der Waals surface area contributed by atoms with Gasteiger partial charge >= 0.3 is 0 Å².